The summed E-state index contributed by atoms with van der Waals surface area (Å²) in [5.41, 5.74) is 0. The van der Waals surface area contributed by atoms with Gasteiger partial charge in [-0.2, -0.15) is 0 Å². The van der Waals surface area contributed by atoms with Crippen molar-refractivity contribution in [2.75, 3.05) is 26.2 Å². The van der Waals surface area contributed by atoms with Gasteiger partial charge in [-0.05, 0) is 44.6 Å². The Hall–Kier alpha value is -0.610. The number of carbonyl (C=O) groups is 1. The summed E-state index contributed by atoms with van der Waals surface area (Å²) in [6.07, 6.45) is 7.69. The highest BCUT2D eigenvalue weighted by Crippen LogP contribution is 2.34. The van der Waals surface area contributed by atoms with E-state index in [0.717, 1.165) is 12.5 Å². The predicted molar refractivity (Wildman–Crippen MR) is 69.5 cm³/mol. The van der Waals surface area contributed by atoms with Crippen LogP contribution in [0.2, 0.25) is 0 Å². The van der Waals surface area contributed by atoms with Crippen molar-refractivity contribution in [3.63, 3.8) is 0 Å². The molecule has 4 nitrogen and oxygen atoms in total. The van der Waals surface area contributed by atoms with Gasteiger partial charge in [-0.25, -0.2) is 0 Å². The highest BCUT2D eigenvalue weighted by Gasteiger charge is 2.40. The molecule has 3 aliphatic rings. The first kappa shape index (κ1) is 12.4. The number of nitrogens with zero attached hydrogens (tertiary/aromatic N) is 2. The number of hydrogen-bond acceptors (Lipinski definition) is 3. The second-order valence-electron chi connectivity index (χ2n) is 6.22. The Bertz CT molecular complexity index is 317. The maximum atomic E-state index is 11.1. The second-order valence-corrected chi connectivity index (χ2v) is 6.22. The summed E-state index contributed by atoms with van der Waals surface area (Å²) in [6, 6.07) is 1.14. The molecule has 1 aliphatic carbocycles. The third kappa shape index (κ3) is 2.69. The average Bonchev–Trinajstić information content (AvgIpc) is 3.06. The van der Waals surface area contributed by atoms with Crippen molar-refractivity contribution < 1.29 is 9.90 Å². The Morgan fingerprint density at radius 2 is 2.00 bits per heavy atom. The summed E-state index contributed by atoms with van der Waals surface area (Å²) in [6.45, 7) is 3.66. The van der Waals surface area contributed by atoms with Gasteiger partial charge in [-0.15, -0.1) is 0 Å². The molecule has 102 valence electrons. The van der Waals surface area contributed by atoms with Gasteiger partial charge in [0.25, 0.3) is 0 Å². The van der Waals surface area contributed by atoms with Crippen LogP contribution in [0.15, 0.2) is 0 Å². The molecular weight excluding hydrogens is 228 g/mol. The molecule has 2 saturated heterocycles. The first-order chi connectivity index (χ1) is 8.74. The van der Waals surface area contributed by atoms with Crippen molar-refractivity contribution in [2.24, 2.45) is 5.92 Å². The molecule has 2 unspecified atom stereocenters. The lowest BCUT2D eigenvalue weighted by atomic mass is 9.97. The summed E-state index contributed by atoms with van der Waals surface area (Å²) in [5, 5.41) is 9.12. The fourth-order valence-corrected chi connectivity index (χ4v) is 3.77. The van der Waals surface area contributed by atoms with Gasteiger partial charge in [-0.3, -0.25) is 14.6 Å². The zero-order valence-electron chi connectivity index (χ0n) is 11.1. The van der Waals surface area contributed by atoms with Gasteiger partial charge < -0.3 is 5.11 Å². The van der Waals surface area contributed by atoms with Crippen LogP contribution in [0, 0.1) is 5.92 Å². The highest BCUT2D eigenvalue weighted by atomic mass is 16.4. The molecule has 2 aliphatic heterocycles. The molecular formula is C14H24N2O2. The summed E-state index contributed by atoms with van der Waals surface area (Å²) >= 11 is 0. The van der Waals surface area contributed by atoms with E-state index < -0.39 is 5.97 Å². The van der Waals surface area contributed by atoms with Crippen LogP contribution in [0.4, 0.5) is 0 Å². The molecule has 0 spiro atoms. The molecule has 0 aromatic rings. The maximum absolute atomic E-state index is 11.1. The van der Waals surface area contributed by atoms with E-state index in [1.807, 2.05) is 0 Å². The number of rotatable bonds is 5. The van der Waals surface area contributed by atoms with Gasteiger partial charge in [0, 0.05) is 25.2 Å². The Kier molecular flexibility index (Phi) is 3.57. The van der Waals surface area contributed by atoms with Gasteiger partial charge >= 0.3 is 5.97 Å². The predicted octanol–water partition coefficient (Wildman–Crippen LogP) is 1.41. The number of fused-ring (bicyclic) bond motifs is 1. The number of piperidine rings is 1. The van der Waals surface area contributed by atoms with E-state index in [0.29, 0.717) is 12.1 Å². The third-order valence-corrected chi connectivity index (χ3v) is 4.82. The van der Waals surface area contributed by atoms with Crippen molar-refractivity contribution in [3.05, 3.63) is 0 Å². The minimum atomic E-state index is -0.662. The molecule has 1 saturated carbocycles. The molecule has 2 atom stereocenters. The van der Waals surface area contributed by atoms with E-state index in [2.05, 4.69) is 9.80 Å². The van der Waals surface area contributed by atoms with Crippen molar-refractivity contribution >= 4 is 5.97 Å². The number of aliphatic carboxylic acids is 1. The van der Waals surface area contributed by atoms with Crippen LogP contribution in [-0.2, 0) is 4.79 Å². The van der Waals surface area contributed by atoms with Crippen LogP contribution in [0.1, 0.15) is 38.5 Å². The highest BCUT2D eigenvalue weighted by molar-refractivity contribution is 5.69. The Morgan fingerprint density at radius 3 is 2.72 bits per heavy atom. The molecule has 0 aromatic heterocycles. The van der Waals surface area contributed by atoms with E-state index in [1.54, 1.807) is 0 Å². The number of hydrogen-bond donors (Lipinski definition) is 1. The molecule has 2 heterocycles. The zero-order valence-corrected chi connectivity index (χ0v) is 11.1. The smallest absolute Gasteiger partial charge is 0.317 e. The normalized spacial score (nSPS) is 32.7. The van der Waals surface area contributed by atoms with Crippen molar-refractivity contribution in [3.8, 4) is 0 Å². The second kappa shape index (κ2) is 5.17. The van der Waals surface area contributed by atoms with Crippen molar-refractivity contribution in [2.45, 2.75) is 50.6 Å². The largest absolute Gasteiger partial charge is 0.480 e. The van der Waals surface area contributed by atoms with E-state index in [4.69, 9.17) is 5.11 Å². The molecule has 0 aromatic carbocycles. The average molecular weight is 252 g/mol. The lowest BCUT2D eigenvalue weighted by Gasteiger charge is -2.37. The molecule has 0 amide bonds. The molecule has 3 rings (SSSR count). The van der Waals surface area contributed by atoms with Crippen LogP contribution in [0.5, 0.6) is 0 Å². The summed E-state index contributed by atoms with van der Waals surface area (Å²) in [7, 11) is 0. The monoisotopic (exact) mass is 252 g/mol. The van der Waals surface area contributed by atoms with E-state index in [-0.39, 0.29) is 6.54 Å². The minimum absolute atomic E-state index is 0.242. The number of carboxylic acid groups (broad SMARTS) is 1. The summed E-state index contributed by atoms with van der Waals surface area (Å²) in [5.74, 6) is 0.118. The molecule has 0 bridgehead atoms. The Labute approximate surface area is 109 Å². The first-order valence-electron chi connectivity index (χ1n) is 7.44. The van der Waals surface area contributed by atoms with E-state index in [9.17, 15) is 4.79 Å². The molecule has 18 heavy (non-hydrogen) atoms. The summed E-state index contributed by atoms with van der Waals surface area (Å²) < 4.78 is 0. The van der Waals surface area contributed by atoms with E-state index in [1.165, 1.54) is 51.6 Å². The zero-order chi connectivity index (χ0) is 12.5. The number of carboxylic acids is 1. The fraction of sp³-hybridized carbons (Fsp3) is 0.929. The topological polar surface area (TPSA) is 43.8 Å². The first-order valence-corrected chi connectivity index (χ1v) is 7.44. The van der Waals surface area contributed by atoms with Gasteiger partial charge in [0.15, 0.2) is 0 Å². The molecule has 3 fully saturated rings. The van der Waals surface area contributed by atoms with Crippen LogP contribution in [-0.4, -0.2) is 59.1 Å². The van der Waals surface area contributed by atoms with Crippen LogP contribution in [0.3, 0.4) is 0 Å². The maximum Gasteiger partial charge on any atom is 0.317 e. The lowest BCUT2D eigenvalue weighted by Crippen LogP contribution is -2.49. The molecule has 0 radical (unpaired) electrons. The third-order valence-electron chi connectivity index (χ3n) is 4.82. The summed E-state index contributed by atoms with van der Waals surface area (Å²) in [4.78, 5) is 15.9. The van der Waals surface area contributed by atoms with Gasteiger partial charge in [0.2, 0.25) is 0 Å². The van der Waals surface area contributed by atoms with Gasteiger partial charge in [-0.1, -0.05) is 6.42 Å². The Balaban J connectivity index is 1.66. The lowest BCUT2D eigenvalue weighted by molar-refractivity contribution is -0.139. The Morgan fingerprint density at radius 1 is 1.17 bits per heavy atom. The SMILES string of the molecule is O=C(O)CN(CC1CC1)C1CCN2CCCCC12. The van der Waals surface area contributed by atoms with Gasteiger partial charge in [0.05, 0.1) is 6.54 Å². The van der Waals surface area contributed by atoms with Crippen LogP contribution >= 0.6 is 0 Å². The van der Waals surface area contributed by atoms with Crippen molar-refractivity contribution in [1.82, 2.24) is 9.80 Å². The fourth-order valence-electron chi connectivity index (χ4n) is 3.77. The molecule has 4 heteroatoms. The van der Waals surface area contributed by atoms with Crippen LogP contribution in [0.25, 0.3) is 0 Å². The van der Waals surface area contributed by atoms with Gasteiger partial charge in [0.1, 0.15) is 0 Å². The molecule has 1 N–H and O–H groups in total. The van der Waals surface area contributed by atoms with Crippen LogP contribution < -0.4 is 0 Å². The quantitative estimate of drug-likeness (QED) is 0.803. The van der Waals surface area contributed by atoms with E-state index >= 15 is 0 Å². The minimum Gasteiger partial charge on any atom is -0.480 e. The van der Waals surface area contributed by atoms with Crippen molar-refractivity contribution in [1.29, 1.82) is 0 Å². The standard InChI is InChI=1S/C14H24N2O2/c17-14(18)10-16(9-11-4-5-11)13-6-8-15-7-2-1-3-12(13)15/h11-13H,1-10H2,(H,17,18).